The van der Waals surface area contributed by atoms with Gasteiger partial charge in [-0.1, -0.05) is 30.3 Å². The monoisotopic (exact) mass is 391 g/mol. The summed E-state index contributed by atoms with van der Waals surface area (Å²) in [4.78, 5) is 30.6. The number of benzene rings is 2. The van der Waals surface area contributed by atoms with Gasteiger partial charge in [0.15, 0.2) is 0 Å². The van der Waals surface area contributed by atoms with Crippen LogP contribution in [-0.2, 0) is 11.3 Å². The summed E-state index contributed by atoms with van der Waals surface area (Å²) in [7, 11) is 1.63. The van der Waals surface area contributed by atoms with E-state index in [0.29, 0.717) is 25.3 Å². The normalized spacial score (nSPS) is 16.6. The van der Waals surface area contributed by atoms with Gasteiger partial charge in [-0.25, -0.2) is 0 Å². The van der Waals surface area contributed by atoms with Gasteiger partial charge in [0, 0.05) is 30.5 Å². The lowest BCUT2D eigenvalue weighted by Gasteiger charge is -2.31. The Morgan fingerprint density at radius 2 is 1.97 bits per heavy atom. The first kappa shape index (κ1) is 19.1. The third-order valence-electron chi connectivity index (χ3n) is 5.47. The number of amides is 2. The molecular formula is C23H25N3O3. The van der Waals surface area contributed by atoms with E-state index in [1.165, 1.54) is 0 Å². The number of nitrogens with zero attached hydrogens (tertiary/aromatic N) is 1. The number of rotatable bonds is 5. The lowest BCUT2D eigenvalue weighted by atomic mass is 9.96. The highest BCUT2D eigenvalue weighted by atomic mass is 16.5. The third kappa shape index (κ3) is 4.26. The Balaban J connectivity index is 1.36. The third-order valence-corrected chi connectivity index (χ3v) is 5.47. The fourth-order valence-electron chi connectivity index (χ4n) is 3.81. The van der Waals surface area contributed by atoms with Gasteiger partial charge in [-0.3, -0.25) is 9.59 Å². The van der Waals surface area contributed by atoms with Crippen molar-refractivity contribution in [3.05, 3.63) is 65.9 Å². The molecule has 2 aromatic carbocycles. The van der Waals surface area contributed by atoms with E-state index in [-0.39, 0.29) is 17.7 Å². The number of aromatic amines is 1. The number of para-hydroxylation sites is 1. The number of piperidine rings is 1. The van der Waals surface area contributed by atoms with Crippen LogP contribution in [0.25, 0.3) is 10.9 Å². The van der Waals surface area contributed by atoms with Crippen molar-refractivity contribution in [2.75, 3.05) is 20.2 Å². The van der Waals surface area contributed by atoms with Crippen molar-refractivity contribution >= 4 is 22.7 Å². The van der Waals surface area contributed by atoms with Crippen molar-refractivity contribution in [3.8, 4) is 5.75 Å². The summed E-state index contributed by atoms with van der Waals surface area (Å²) in [6.45, 7) is 1.59. The maximum Gasteiger partial charge on any atom is 0.270 e. The van der Waals surface area contributed by atoms with Gasteiger partial charge in [-0.15, -0.1) is 0 Å². The summed E-state index contributed by atoms with van der Waals surface area (Å²) in [5.74, 6) is 0.553. The summed E-state index contributed by atoms with van der Waals surface area (Å²) < 4.78 is 5.15. The molecule has 0 radical (unpaired) electrons. The number of nitrogens with one attached hydrogen (secondary N) is 2. The van der Waals surface area contributed by atoms with Gasteiger partial charge in [0.1, 0.15) is 11.4 Å². The zero-order valence-electron chi connectivity index (χ0n) is 16.5. The van der Waals surface area contributed by atoms with Gasteiger partial charge in [0.25, 0.3) is 5.91 Å². The molecule has 0 unspecified atom stereocenters. The average molecular weight is 391 g/mol. The van der Waals surface area contributed by atoms with Crippen molar-refractivity contribution in [2.45, 2.75) is 19.4 Å². The van der Waals surface area contributed by atoms with E-state index >= 15 is 0 Å². The molecule has 0 spiro atoms. The molecule has 150 valence electrons. The molecule has 1 aromatic heterocycles. The molecule has 1 aliphatic rings. The molecule has 2 heterocycles. The van der Waals surface area contributed by atoms with Crippen molar-refractivity contribution in [2.24, 2.45) is 5.92 Å². The van der Waals surface area contributed by atoms with E-state index in [4.69, 9.17) is 4.74 Å². The molecule has 1 atom stereocenters. The van der Waals surface area contributed by atoms with Crippen LogP contribution in [0.5, 0.6) is 5.75 Å². The fourth-order valence-corrected chi connectivity index (χ4v) is 3.81. The summed E-state index contributed by atoms with van der Waals surface area (Å²) in [6.07, 6.45) is 1.62. The van der Waals surface area contributed by atoms with Crippen molar-refractivity contribution in [1.29, 1.82) is 0 Å². The van der Waals surface area contributed by atoms with Crippen LogP contribution in [0.15, 0.2) is 54.6 Å². The lowest BCUT2D eigenvalue weighted by Crippen LogP contribution is -2.45. The van der Waals surface area contributed by atoms with Crippen LogP contribution in [0.4, 0.5) is 0 Å². The molecule has 4 rings (SSSR count). The van der Waals surface area contributed by atoms with Crippen LogP contribution in [0, 0.1) is 5.92 Å². The number of carbonyl (C=O) groups excluding carboxylic acids is 2. The summed E-state index contributed by atoms with van der Waals surface area (Å²) >= 11 is 0. The summed E-state index contributed by atoms with van der Waals surface area (Å²) in [5, 5.41) is 4.02. The molecule has 6 nitrogen and oxygen atoms in total. The Kier molecular flexibility index (Phi) is 5.51. The van der Waals surface area contributed by atoms with Gasteiger partial charge in [-0.2, -0.15) is 0 Å². The molecule has 0 saturated carbocycles. The highest BCUT2D eigenvalue weighted by molar-refractivity contribution is 5.98. The number of carbonyl (C=O) groups is 2. The van der Waals surface area contributed by atoms with Gasteiger partial charge in [0.05, 0.1) is 13.0 Å². The lowest BCUT2D eigenvalue weighted by molar-refractivity contribution is -0.126. The topological polar surface area (TPSA) is 74.4 Å². The van der Waals surface area contributed by atoms with Crippen LogP contribution in [0.2, 0.25) is 0 Å². The zero-order chi connectivity index (χ0) is 20.2. The smallest absolute Gasteiger partial charge is 0.270 e. The number of hydrogen-bond donors (Lipinski definition) is 2. The molecule has 6 heteroatoms. The van der Waals surface area contributed by atoms with Crippen LogP contribution in [-0.4, -0.2) is 41.9 Å². The molecule has 2 amide bonds. The quantitative estimate of drug-likeness (QED) is 0.700. The van der Waals surface area contributed by atoms with Crippen LogP contribution in [0.3, 0.4) is 0 Å². The largest absolute Gasteiger partial charge is 0.497 e. The second-order valence-electron chi connectivity index (χ2n) is 7.43. The van der Waals surface area contributed by atoms with E-state index in [1.54, 1.807) is 12.0 Å². The molecule has 1 saturated heterocycles. The number of hydrogen-bond acceptors (Lipinski definition) is 3. The SMILES string of the molecule is COc1ccc(CNC(=O)[C@@H]2CCCN(C(=O)c3cc4ccccc4[nH]3)C2)cc1. The minimum Gasteiger partial charge on any atom is -0.497 e. The van der Waals surface area contributed by atoms with Crippen LogP contribution >= 0.6 is 0 Å². The molecule has 0 bridgehead atoms. The van der Waals surface area contributed by atoms with Crippen LogP contribution in [0.1, 0.15) is 28.9 Å². The van der Waals surface area contributed by atoms with Gasteiger partial charge in [0.2, 0.25) is 5.91 Å². The predicted molar refractivity (Wildman–Crippen MR) is 112 cm³/mol. The van der Waals surface area contributed by atoms with E-state index < -0.39 is 0 Å². The standard InChI is InChI=1S/C23H25N3O3/c1-29-19-10-8-16(9-11-19)14-24-22(27)18-6-4-12-26(15-18)23(28)21-13-17-5-2-3-7-20(17)25-21/h2-3,5,7-11,13,18,25H,4,6,12,14-15H2,1H3,(H,24,27)/t18-/m1/s1. The highest BCUT2D eigenvalue weighted by Crippen LogP contribution is 2.21. The summed E-state index contributed by atoms with van der Waals surface area (Å²) in [6, 6.07) is 17.3. The van der Waals surface area contributed by atoms with E-state index in [1.807, 2.05) is 54.6 Å². The molecule has 0 aliphatic carbocycles. The maximum atomic E-state index is 12.9. The first-order valence-electron chi connectivity index (χ1n) is 9.92. The van der Waals surface area contributed by atoms with Gasteiger partial charge >= 0.3 is 0 Å². The highest BCUT2D eigenvalue weighted by Gasteiger charge is 2.29. The Hall–Kier alpha value is -3.28. The maximum absolute atomic E-state index is 12.9. The first-order valence-corrected chi connectivity index (χ1v) is 9.92. The summed E-state index contributed by atoms with van der Waals surface area (Å²) in [5.41, 5.74) is 2.54. The van der Waals surface area contributed by atoms with Gasteiger partial charge in [-0.05, 0) is 42.7 Å². The number of ether oxygens (including phenoxy) is 1. The first-order chi connectivity index (χ1) is 14.1. The average Bonchev–Trinajstić information content (AvgIpc) is 3.21. The Morgan fingerprint density at radius 3 is 2.72 bits per heavy atom. The number of fused-ring (bicyclic) bond motifs is 1. The molecule has 2 N–H and O–H groups in total. The number of methoxy groups -OCH3 is 1. The minimum absolute atomic E-state index is 0.00466. The molecule has 1 aliphatic heterocycles. The predicted octanol–water partition coefficient (Wildman–Crippen LogP) is 3.35. The van der Waals surface area contributed by atoms with Crippen molar-refractivity contribution in [1.82, 2.24) is 15.2 Å². The number of H-pyrrole nitrogens is 1. The fraction of sp³-hybridized carbons (Fsp3) is 0.304. The Labute approximate surface area is 169 Å². The Morgan fingerprint density at radius 1 is 1.17 bits per heavy atom. The molecule has 29 heavy (non-hydrogen) atoms. The number of likely N-dealkylation sites (tertiary alicyclic amines) is 1. The second-order valence-corrected chi connectivity index (χ2v) is 7.43. The molecular weight excluding hydrogens is 366 g/mol. The minimum atomic E-state index is -0.185. The van der Waals surface area contributed by atoms with E-state index in [0.717, 1.165) is 35.1 Å². The van der Waals surface area contributed by atoms with Crippen LogP contribution < -0.4 is 10.1 Å². The number of aromatic nitrogens is 1. The zero-order valence-corrected chi connectivity index (χ0v) is 16.5. The van der Waals surface area contributed by atoms with E-state index in [9.17, 15) is 9.59 Å². The Bertz CT molecular complexity index is 977. The van der Waals surface area contributed by atoms with E-state index in [2.05, 4.69) is 10.3 Å². The molecule has 3 aromatic rings. The van der Waals surface area contributed by atoms with Crippen molar-refractivity contribution in [3.63, 3.8) is 0 Å². The molecule has 1 fully saturated rings. The van der Waals surface area contributed by atoms with Gasteiger partial charge < -0.3 is 19.9 Å². The van der Waals surface area contributed by atoms with Crippen molar-refractivity contribution < 1.29 is 14.3 Å². The second kappa shape index (κ2) is 8.39.